The molecule has 1 aromatic heterocycles. The molecular weight excluding hydrogens is 176 g/mol. The number of unbranched alkanes of at least 4 members (excludes halogenated alkanes) is 4. The second-order valence-corrected chi connectivity index (χ2v) is 4.15. The van der Waals surface area contributed by atoms with E-state index in [1.807, 2.05) is 6.08 Å². The molecule has 1 aromatic rings. The number of thiophene rings is 1. The maximum Gasteiger partial charge on any atom is -0.00613 e. The minimum atomic E-state index is 1.18. The second kappa shape index (κ2) is 6.90. The van der Waals surface area contributed by atoms with E-state index in [4.69, 9.17) is 0 Å². The lowest BCUT2D eigenvalue weighted by Crippen LogP contribution is -1.82. The zero-order valence-corrected chi connectivity index (χ0v) is 8.98. The molecule has 1 rings (SSSR count). The van der Waals surface area contributed by atoms with Gasteiger partial charge in [-0.15, -0.1) is 6.58 Å². The van der Waals surface area contributed by atoms with Crippen molar-refractivity contribution >= 4 is 11.3 Å². The van der Waals surface area contributed by atoms with Gasteiger partial charge < -0.3 is 0 Å². The molecular formula is C12H18S. The van der Waals surface area contributed by atoms with Crippen molar-refractivity contribution in [2.45, 2.75) is 38.5 Å². The van der Waals surface area contributed by atoms with Gasteiger partial charge in [-0.25, -0.2) is 0 Å². The van der Waals surface area contributed by atoms with Crippen LogP contribution in [0.15, 0.2) is 29.5 Å². The van der Waals surface area contributed by atoms with Crippen LogP contribution >= 0.6 is 11.3 Å². The molecule has 0 unspecified atom stereocenters. The molecule has 0 aliphatic heterocycles. The lowest BCUT2D eigenvalue weighted by molar-refractivity contribution is 0.647. The van der Waals surface area contributed by atoms with Crippen LogP contribution in [0.4, 0.5) is 0 Å². The molecule has 0 saturated carbocycles. The van der Waals surface area contributed by atoms with E-state index >= 15 is 0 Å². The molecule has 1 heteroatoms. The fourth-order valence-corrected chi connectivity index (χ4v) is 2.11. The first-order valence-corrected chi connectivity index (χ1v) is 5.99. The van der Waals surface area contributed by atoms with Crippen LogP contribution in [0.25, 0.3) is 0 Å². The first kappa shape index (κ1) is 10.5. The Morgan fingerprint density at radius 3 is 2.77 bits per heavy atom. The highest BCUT2D eigenvalue weighted by atomic mass is 32.1. The Labute approximate surface area is 85.3 Å². The van der Waals surface area contributed by atoms with Crippen molar-refractivity contribution in [2.75, 3.05) is 0 Å². The highest BCUT2D eigenvalue weighted by Crippen LogP contribution is 2.11. The molecule has 1 heterocycles. The molecule has 0 radical (unpaired) electrons. The molecule has 0 spiro atoms. The van der Waals surface area contributed by atoms with Gasteiger partial charge in [-0.05, 0) is 48.1 Å². The summed E-state index contributed by atoms with van der Waals surface area (Å²) >= 11 is 1.80. The predicted octanol–water partition coefficient (Wildman–Crippen LogP) is 4.43. The van der Waals surface area contributed by atoms with Crippen LogP contribution in [0.3, 0.4) is 0 Å². The van der Waals surface area contributed by atoms with Crippen LogP contribution < -0.4 is 0 Å². The fraction of sp³-hybridized carbons (Fsp3) is 0.500. The molecule has 0 saturated heterocycles. The largest absolute Gasteiger partial charge is 0.152 e. The Hall–Kier alpha value is -0.560. The summed E-state index contributed by atoms with van der Waals surface area (Å²) in [6, 6.07) is 2.23. The smallest absolute Gasteiger partial charge is 0.00613 e. The Kier molecular flexibility index (Phi) is 5.59. The molecule has 13 heavy (non-hydrogen) atoms. The maximum absolute atomic E-state index is 3.72. The quantitative estimate of drug-likeness (QED) is 0.445. The van der Waals surface area contributed by atoms with Crippen LogP contribution in [0, 0.1) is 0 Å². The van der Waals surface area contributed by atoms with E-state index in [-0.39, 0.29) is 0 Å². The summed E-state index contributed by atoms with van der Waals surface area (Å²) in [5, 5.41) is 4.41. The van der Waals surface area contributed by atoms with Gasteiger partial charge >= 0.3 is 0 Å². The molecule has 0 fully saturated rings. The third-order valence-electron chi connectivity index (χ3n) is 2.20. The first-order chi connectivity index (χ1) is 6.43. The summed E-state index contributed by atoms with van der Waals surface area (Å²) in [5.41, 5.74) is 1.51. The van der Waals surface area contributed by atoms with E-state index in [0.717, 1.165) is 0 Å². The van der Waals surface area contributed by atoms with Crippen molar-refractivity contribution in [1.82, 2.24) is 0 Å². The van der Waals surface area contributed by atoms with E-state index in [9.17, 15) is 0 Å². The van der Waals surface area contributed by atoms with Crippen LogP contribution in [0.2, 0.25) is 0 Å². The molecule has 0 atom stereocenters. The third-order valence-corrected chi connectivity index (χ3v) is 2.94. The highest BCUT2D eigenvalue weighted by Gasteiger charge is 1.93. The first-order valence-electron chi connectivity index (χ1n) is 5.05. The molecule has 0 aromatic carbocycles. The average molecular weight is 194 g/mol. The summed E-state index contributed by atoms with van der Waals surface area (Å²) in [6.07, 6.45) is 9.83. The summed E-state index contributed by atoms with van der Waals surface area (Å²) in [7, 11) is 0. The summed E-state index contributed by atoms with van der Waals surface area (Å²) in [5.74, 6) is 0. The van der Waals surface area contributed by atoms with Gasteiger partial charge in [-0.1, -0.05) is 18.9 Å². The van der Waals surface area contributed by atoms with Crippen LogP contribution in [0.1, 0.15) is 37.7 Å². The van der Waals surface area contributed by atoms with Crippen molar-refractivity contribution < 1.29 is 0 Å². The van der Waals surface area contributed by atoms with Gasteiger partial charge in [0, 0.05) is 0 Å². The van der Waals surface area contributed by atoms with Crippen LogP contribution in [-0.4, -0.2) is 0 Å². The van der Waals surface area contributed by atoms with Crippen molar-refractivity contribution in [2.24, 2.45) is 0 Å². The summed E-state index contributed by atoms with van der Waals surface area (Å²) in [4.78, 5) is 0. The minimum Gasteiger partial charge on any atom is -0.152 e. The molecule has 0 N–H and O–H groups in total. The molecule has 0 nitrogen and oxygen atoms in total. The van der Waals surface area contributed by atoms with E-state index in [2.05, 4.69) is 23.4 Å². The maximum atomic E-state index is 3.72. The standard InChI is InChI=1S/C12H18S/c1-2-3-4-5-6-7-8-12-9-10-13-11-12/h2,9-11H,1,3-8H2. The number of aryl methyl sites for hydroxylation is 1. The van der Waals surface area contributed by atoms with Gasteiger partial charge in [0.1, 0.15) is 0 Å². The molecule has 0 amide bonds. The van der Waals surface area contributed by atoms with Gasteiger partial charge in [-0.2, -0.15) is 11.3 Å². The van der Waals surface area contributed by atoms with Gasteiger partial charge in [0.15, 0.2) is 0 Å². The Morgan fingerprint density at radius 1 is 1.23 bits per heavy atom. The number of hydrogen-bond acceptors (Lipinski definition) is 1. The topological polar surface area (TPSA) is 0 Å². The Bertz CT molecular complexity index is 211. The zero-order chi connectivity index (χ0) is 9.36. The SMILES string of the molecule is C=CCCCCCCc1ccsc1. The lowest BCUT2D eigenvalue weighted by Gasteiger charge is -1.98. The highest BCUT2D eigenvalue weighted by molar-refractivity contribution is 7.07. The summed E-state index contributed by atoms with van der Waals surface area (Å²) < 4.78 is 0. The predicted molar refractivity (Wildman–Crippen MR) is 61.3 cm³/mol. The Morgan fingerprint density at radius 2 is 2.08 bits per heavy atom. The molecule has 0 bridgehead atoms. The summed E-state index contributed by atoms with van der Waals surface area (Å²) in [6.45, 7) is 3.72. The van der Waals surface area contributed by atoms with Gasteiger partial charge in [0.25, 0.3) is 0 Å². The van der Waals surface area contributed by atoms with Crippen molar-refractivity contribution in [3.8, 4) is 0 Å². The minimum absolute atomic E-state index is 1.18. The molecule has 72 valence electrons. The monoisotopic (exact) mass is 194 g/mol. The normalized spacial score (nSPS) is 10.2. The zero-order valence-electron chi connectivity index (χ0n) is 8.17. The van der Waals surface area contributed by atoms with Crippen molar-refractivity contribution in [3.05, 3.63) is 35.0 Å². The van der Waals surface area contributed by atoms with Gasteiger partial charge in [0.2, 0.25) is 0 Å². The van der Waals surface area contributed by atoms with Crippen LogP contribution in [-0.2, 0) is 6.42 Å². The fourth-order valence-electron chi connectivity index (χ4n) is 1.41. The van der Waals surface area contributed by atoms with E-state index in [1.54, 1.807) is 11.3 Å². The number of rotatable bonds is 7. The average Bonchev–Trinajstić information content (AvgIpc) is 2.63. The van der Waals surface area contributed by atoms with Crippen LogP contribution in [0.5, 0.6) is 0 Å². The lowest BCUT2D eigenvalue weighted by atomic mass is 10.1. The van der Waals surface area contributed by atoms with Gasteiger partial charge in [-0.3, -0.25) is 0 Å². The number of allylic oxidation sites excluding steroid dienone is 1. The van der Waals surface area contributed by atoms with E-state index < -0.39 is 0 Å². The molecule has 0 aliphatic carbocycles. The Balaban J connectivity index is 1.93. The molecule has 0 aliphatic rings. The third kappa shape index (κ3) is 4.89. The second-order valence-electron chi connectivity index (χ2n) is 3.37. The van der Waals surface area contributed by atoms with Crippen molar-refractivity contribution in [3.63, 3.8) is 0 Å². The number of hydrogen-bond donors (Lipinski definition) is 0. The van der Waals surface area contributed by atoms with Gasteiger partial charge in [0.05, 0.1) is 0 Å². The van der Waals surface area contributed by atoms with E-state index in [1.165, 1.54) is 44.1 Å². The van der Waals surface area contributed by atoms with E-state index in [0.29, 0.717) is 0 Å². The van der Waals surface area contributed by atoms with Crippen molar-refractivity contribution in [1.29, 1.82) is 0 Å².